The first kappa shape index (κ1) is 22.6. The zero-order valence-corrected chi connectivity index (χ0v) is 20.7. The van der Waals surface area contributed by atoms with Crippen molar-refractivity contribution in [1.29, 1.82) is 0 Å². The molecule has 0 aliphatic heterocycles. The summed E-state index contributed by atoms with van der Waals surface area (Å²) in [4.78, 5) is 0. The molecule has 1 aromatic carbocycles. The first-order valence-corrected chi connectivity index (χ1v) is 14.5. The van der Waals surface area contributed by atoms with Gasteiger partial charge in [0, 0.05) is 5.56 Å². The van der Waals surface area contributed by atoms with Gasteiger partial charge in [-0.15, -0.1) is 0 Å². The molecule has 162 valence electrons. The van der Waals surface area contributed by atoms with E-state index in [0.717, 1.165) is 12.2 Å². The first-order valence-electron chi connectivity index (χ1n) is 11.6. The maximum atomic E-state index is 10.5. The van der Waals surface area contributed by atoms with Crippen LogP contribution < -0.4 is 4.43 Å². The molecule has 29 heavy (non-hydrogen) atoms. The molecule has 3 heteroatoms. The van der Waals surface area contributed by atoms with E-state index in [4.69, 9.17) is 4.43 Å². The number of aliphatic hydroxyl groups excluding tert-OH is 1. The highest BCUT2D eigenvalue weighted by atomic mass is 28.4. The minimum atomic E-state index is -1.86. The van der Waals surface area contributed by atoms with Gasteiger partial charge < -0.3 is 9.53 Å². The van der Waals surface area contributed by atoms with Crippen LogP contribution in [0.2, 0.25) is 18.1 Å². The highest BCUT2D eigenvalue weighted by Crippen LogP contribution is 2.57. The summed E-state index contributed by atoms with van der Waals surface area (Å²) in [6, 6.07) is 8.48. The molecule has 3 rings (SSSR count). The average molecular weight is 415 g/mol. The Labute approximate surface area is 179 Å². The Kier molecular flexibility index (Phi) is 6.42. The lowest BCUT2D eigenvalue weighted by Gasteiger charge is -2.44. The van der Waals surface area contributed by atoms with Crippen LogP contribution >= 0.6 is 0 Å². The van der Waals surface area contributed by atoms with Gasteiger partial charge in [-0.2, -0.15) is 0 Å². The molecule has 0 amide bonds. The molecular weight excluding hydrogens is 372 g/mol. The van der Waals surface area contributed by atoms with E-state index in [9.17, 15) is 5.11 Å². The van der Waals surface area contributed by atoms with E-state index in [1.807, 2.05) is 0 Å². The van der Waals surface area contributed by atoms with Gasteiger partial charge in [0.2, 0.25) is 0 Å². The zero-order valence-electron chi connectivity index (χ0n) is 19.7. The van der Waals surface area contributed by atoms with Crippen molar-refractivity contribution in [2.45, 2.75) is 91.0 Å². The van der Waals surface area contributed by atoms with Crippen LogP contribution in [0.5, 0.6) is 5.75 Å². The monoisotopic (exact) mass is 414 g/mol. The number of aliphatic hydroxyl groups is 1. The van der Waals surface area contributed by atoms with E-state index in [1.165, 1.54) is 31.2 Å². The molecule has 0 heterocycles. The van der Waals surface area contributed by atoms with Gasteiger partial charge in [0.1, 0.15) is 5.75 Å². The van der Waals surface area contributed by atoms with Crippen LogP contribution in [-0.2, 0) is 0 Å². The summed E-state index contributed by atoms with van der Waals surface area (Å²) >= 11 is 0. The summed E-state index contributed by atoms with van der Waals surface area (Å²) in [5, 5.41) is 10.7. The Hall–Kier alpha value is -1.06. The third kappa shape index (κ3) is 4.51. The van der Waals surface area contributed by atoms with Gasteiger partial charge in [-0.25, -0.2) is 0 Å². The van der Waals surface area contributed by atoms with Crippen molar-refractivity contribution in [2.24, 2.45) is 23.2 Å². The molecule has 5 atom stereocenters. The summed E-state index contributed by atoms with van der Waals surface area (Å²) in [5.41, 5.74) is 1.48. The van der Waals surface area contributed by atoms with Gasteiger partial charge >= 0.3 is 0 Å². The second kappa shape index (κ2) is 8.23. The molecule has 0 aromatic heterocycles. The number of fused-ring (bicyclic) bond motifs is 1. The molecule has 2 fully saturated rings. The second-order valence-corrected chi connectivity index (χ2v) is 16.1. The molecular formula is C26H42O2Si. The largest absolute Gasteiger partial charge is 0.543 e. The van der Waals surface area contributed by atoms with Crippen LogP contribution in [0.25, 0.3) is 6.08 Å². The predicted molar refractivity (Wildman–Crippen MR) is 127 cm³/mol. The van der Waals surface area contributed by atoms with E-state index < -0.39 is 8.32 Å². The van der Waals surface area contributed by atoms with Crippen molar-refractivity contribution in [3.05, 3.63) is 35.9 Å². The van der Waals surface area contributed by atoms with E-state index in [1.54, 1.807) is 0 Å². The van der Waals surface area contributed by atoms with Crippen molar-refractivity contribution >= 4 is 14.4 Å². The fourth-order valence-corrected chi connectivity index (χ4v) is 6.62. The molecule has 2 aliphatic carbocycles. The average Bonchev–Trinajstić information content (AvgIpc) is 2.98. The Bertz CT molecular complexity index is 732. The minimum Gasteiger partial charge on any atom is -0.543 e. The van der Waals surface area contributed by atoms with Crippen molar-refractivity contribution < 1.29 is 9.53 Å². The number of allylic oxidation sites excluding steroid dienone is 1. The van der Waals surface area contributed by atoms with Gasteiger partial charge in [-0.05, 0) is 73.1 Å². The first-order chi connectivity index (χ1) is 13.5. The SMILES string of the molecule is CC(C=Cc1ccccc1O[Si](C)(C)C(C)(C)C)[C@H]1CC[C@@H]2[C@@H](O)CCC[C@]12C. The third-order valence-electron chi connectivity index (χ3n) is 8.47. The van der Waals surface area contributed by atoms with Gasteiger partial charge in [-0.1, -0.05) is 71.4 Å². The highest BCUT2D eigenvalue weighted by molar-refractivity contribution is 6.74. The van der Waals surface area contributed by atoms with Crippen LogP contribution in [0.4, 0.5) is 0 Å². The molecule has 1 N–H and O–H groups in total. The predicted octanol–water partition coefficient (Wildman–Crippen LogP) is 7.30. The van der Waals surface area contributed by atoms with E-state index in [-0.39, 0.29) is 11.1 Å². The van der Waals surface area contributed by atoms with E-state index in [2.05, 4.69) is 84.1 Å². The van der Waals surface area contributed by atoms with Crippen LogP contribution in [0.1, 0.15) is 72.3 Å². The molecule has 1 unspecified atom stereocenters. The number of hydrogen-bond acceptors (Lipinski definition) is 2. The summed E-state index contributed by atoms with van der Waals surface area (Å²) in [7, 11) is -1.86. The molecule has 2 nitrogen and oxygen atoms in total. The van der Waals surface area contributed by atoms with Crippen molar-refractivity contribution in [3.63, 3.8) is 0 Å². The molecule has 1 aromatic rings. The van der Waals surface area contributed by atoms with Crippen LogP contribution in [0, 0.1) is 23.2 Å². The zero-order chi connectivity index (χ0) is 21.4. The summed E-state index contributed by atoms with van der Waals surface area (Å²) < 4.78 is 6.63. The number of hydrogen-bond donors (Lipinski definition) is 1. The topological polar surface area (TPSA) is 29.5 Å². The fourth-order valence-electron chi connectivity index (χ4n) is 5.58. The van der Waals surface area contributed by atoms with Gasteiger partial charge in [-0.3, -0.25) is 0 Å². The lowest BCUT2D eigenvalue weighted by molar-refractivity contribution is -0.0230. The number of rotatable bonds is 5. The maximum absolute atomic E-state index is 10.5. The molecule has 2 aliphatic rings. The van der Waals surface area contributed by atoms with Gasteiger partial charge in [0.05, 0.1) is 6.10 Å². The molecule has 0 spiro atoms. The molecule has 0 saturated heterocycles. The van der Waals surface area contributed by atoms with Crippen molar-refractivity contribution in [3.8, 4) is 5.75 Å². The third-order valence-corrected chi connectivity index (χ3v) is 12.8. The molecule has 2 saturated carbocycles. The number of benzene rings is 1. The Morgan fingerprint density at radius 1 is 1.17 bits per heavy atom. The quantitative estimate of drug-likeness (QED) is 0.512. The Morgan fingerprint density at radius 2 is 1.86 bits per heavy atom. The van der Waals surface area contributed by atoms with Crippen LogP contribution in [0.3, 0.4) is 0 Å². The standard InChI is InChI=1S/C26H42O2Si/c1-19(21-16-17-22-23(27)12-10-18-26(21,22)5)14-15-20-11-8-9-13-24(20)28-29(6,7)25(2,3)4/h8-9,11,13-15,19,21-23,27H,10,12,16-18H2,1-7H3/t19?,21-,22-,23+,26-/m1/s1. The van der Waals surface area contributed by atoms with E-state index in [0.29, 0.717) is 23.2 Å². The summed E-state index contributed by atoms with van der Waals surface area (Å²) in [5.74, 6) is 2.68. The van der Waals surface area contributed by atoms with Crippen LogP contribution in [-0.4, -0.2) is 19.5 Å². The number of para-hydroxylation sites is 1. The fraction of sp³-hybridized carbons (Fsp3) is 0.692. The highest BCUT2D eigenvalue weighted by Gasteiger charge is 2.51. The maximum Gasteiger partial charge on any atom is 0.250 e. The Balaban J connectivity index is 1.77. The second-order valence-electron chi connectivity index (χ2n) is 11.4. The van der Waals surface area contributed by atoms with Crippen molar-refractivity contribution in [1.82, 2.24) is 0 Å². The Morgan fingerprint density at radius 3 is 2.55 bits per heavy atom. The van der Waals surface area contributed by atoms with Crippen LogP contribution in [0.15, 0.2) is 30.3 Å². The molecule has 0 radical (unpaired) electrons. The molecule has 0 bridgehead atoms. The van der Waals surface area contributed by atoms with Gasteiger partial charge in [0.15, 0.2) is 0 Å². The van der Waals surface area contributed by atoms with Gasteiger partial charge in [0.25, 0.3) is 8.32 Å². The minimum absolute atomic E-state index is 0.0892. The summed E-state index contributed by atoms with van der Waals surface area (Å²) in [6.07, 6.45) is 10.4. The van der Waals surface area contributed by atoms with E-state index >= 15 is 0 Å². The van der Waals surface area contributed by atoms with Crippen molar-refractivity contribution in [2.75, 3.05) is 0 Å². The normalized spacial score (nSPS) is 31.7. The summed E-state index contributed by atoms with van der Waals surface area (Å²) in [6.45, 7) is 16.3. The smallest absolute Gasteiger partial charge is 0.250 e. The lowest BCUT2D eigenvalue weighted by Crippen LogP contribution is -2.44. The lowest BCUT2D eigenvalue weighted by atomic mass is 9.62.